The van der Waals surface area contributed by atoms with Gasteiger partial charge < -0.3 is 0 Å². The lowest BCUT2D eigenvalue weighted by Crippen LogP contribution is -2.00. The van der Waals surface area contributed by atoms with Gasteiger partial charge in [0.05, 0.1) is 0 Å². The molecule has 0 unspecified atom stereocenters. The van der Waals surface area contributed by atoms with Crippen molar-refractivity contribution in [2.24, 2.45) is 5.41 Å². The van der Waals surface area contributed by atoms with Crippen LogP contribution in [0.1, 0.15) is 54.4 Å². The minimum atomic E-state index is 0.542. The van der Waals surface area contributed by atoms with Crippen molar-refractivity contribution < 1.29 is 0 Å². The van der Waals surface area contributed by atoms with Gasteiger partial charge in [-0.1, -0.05) is 54.4 Å². The van der Waals surface area contributed by atoms with Crippen LogP contribution in [0.15, 0.2) is 13.2 Å². The van der Waals surface area contributed by atoms with Crippen molar-refractivity contribution in [1.29, 1.82) is 0 Å². The molecule has 0 atom stereocenters. The van der Waals surface area contributed by atoms with Gasteiger partial charge in [-0.2, -0.15) is 0 Å². The first-order valence-corrected chi connectivity index (χ1v) is 4.47. The Morgan fingerprint density at radius 2 is 1.00 bits per heavy atom. The summed E-state index contributed by atoms with van der Waals surface area (Å²) < 4.78 is 0. The van der Waals surface area contributed by atoms with E-state index in [4.69, 9.17) is 0 Å². The van der Waals surface area contributed by atoms with Crippen LogP contribution < -0.4 is 0 Å². The van der Waals surface area contributed by atoms with E-state index < -0.39 is 0 Å². The maximum atomic E-state index is 3.00. The van der Waals surface area contributed by atoms with Crippen molar-refractivity contribution in [3.8, 4) is 0 Å². The Bertz CT molecular complexity index is 47.5. The van der Waals surface area contributed by atoms with Gasteiger partial charge in [0, 0.05) is 0 Å². The van der Waals surface area contributed by atoms with Crippen LogP contribution in [-0.2, 0) is 0 Å². The van der Waals surface area contributed by atoms with Crippen molar-refractivity contribution >= 4 is 0 Å². The molecule has 0 bridgehead atoms. The fourth-order valence-electron chi connectivity index (χ4n) is 0. The summed E-state index contributed by atoms with van der Waals surface area (Å²) in [4.78, 5) is 0. The molecular weight excluding hydrogens is 132 g/mol. The van der Waals surface area contributed by atoms with Crippen molar-refractivity contribution in [3.05, 3.63) is 13.2 Å². The molecule has 11 heavy (non-hydrogen) atoms. The third kappa shape index (κ3) is 77.7. The molecule has 0 spiro atoms. The molecular formula is C11H26. The summed E-state index contributed by atoms with van der Waals surface area (Å²) in [7, 11) is 0. The zero-order chi connectivity index (χ0) is 9.91. The number of rotatable bonds is 0. The van der Waals surface area contributed by atoms with Crippen LogP contribution in [0.5, 0.6) is 0 Å². The molecule has 0 amide bonds. The summed E-state index contributed by atoms with van der Waals surface area (Å²) in [6, 6.07) is 0. The summed E-state index contributed by atoms with van der Waals surface area (Å²) >= 11 is 0. The Morgan fingerprint density at radius 1 is 0.909 bits per heavy atom. The normalized spacial score (nSPS) is 8.55. The smallest absolute Gasteiger partial charge is 0.0385 e. The third-order valence-electron chi connectivity index (χ3n) is 1.06. The van der Waals surface area contributed by atoms with Crippen LogP contribution in [0.2, 0.25) is 0 Å². The Morgan fingerprint density at radius 3 is 1.00 bits per heavy atom. The van der Waals surface area contributed by atoms with Crippen LogP contribution in [0.3, 0.4) is 0 Å². The van der Waals surface area contributed by atoms with Gasteiger partial charge >= 0.3 is 0 Å². The molecule has 0 heterocycles. The second-order valence-corrected chi connectivity index (χ2v) is 3.62. The highest BCUT2D eigenvalue weighted by Gasteiger charge is 2.03. The zero-order valence-electron chi connectivity index (χ0n) is 9.33. The second-order valence-electron chi connectivity index (χ2n) is 3.62. The lowest BCUT2D eigenvalue weighted by atomic mass is 9.94. The molecule has 0 aromatic heterocycles. The lowest BCUT2D eigenvalue weighted by molar-refractivity contribution is 0.398. The molecule has 0 aliphatic rings. The summed E-state index contributed by atoms with van der Waals surface area (Å²) in [5, 5.41) is 0. The molecule has 0 nitrogen and oxygen atoms in total. The highest BCUT2D eigenvalue weighted by molar-refractivity contribution is 4.55. The van der Waals surface area contributed by atoms with Crippen LogP contribution in [0, 0.1) is 5.41 Å². The number of hydrogen-bond donors (Lipinski definition) is 0. The predicted octanol–water partition coefficient (Wildman–Crippen LogP) is 4.66. The zero-order valence-corrected chi connectivity index (χ0v) is 9.33. The monoisotopic (exact) mass is 158 g/mol. The van der Waals surface area contributed by atoms with Crippen LogP contribution in [-0.4, -0.2) is 0 Å². The predicted molar refractivity (Wildman–Crippen MR) is 57.0 cm³/mol. The van der Waals surface area contributed by atoms with E-state index >= 15 is 0 Å². The molecule has 0 N–H and O–H groups in total. The average Bonchev–Trinajstić information content (AvgIpc) is 1.93. The highest BCUT2D eigenvalue weighted by Crippen LogP contribution is 2.16. The highest BCUT2D eigenvalue weighted by atomic mass is 14.1. The third-order valence-corrected chi connectivity index (χ3v) is 1.06. The molecule has 0 saturated carbocycles. The fraction of sp³-hybridized carbons (Fsp3) is 0.818. The van der Waals surface area contributed by atoms with Crippen LogP contribution in [0.4, 0.5) is 0 Å². The first-order valence-electron chi connectivity index (χ1n) is 4.47. The molecule has 0 fully saturated rings. The average molecular weight is 158 g/mol. The minimum absolute atomic E-state index is 0.542. The van der Waals surface area contributed by atoms with Gasteiger partial charge in [0.15, 0.2) is 0 Å². The van der Waals surface area contributed by atoms with E-state index in [2.05, 4.69) is 54.7 Å². The molecule has 0 aliphatic heterocycles. The van der Waals surface area contributed by atoms with Crippen molar-refractivity contribution in [3.63, 3.8) is 0 Å². The summed E-state index contributed by atoms with van der Waals surface area (Å²) in [6.07, 6.45) is 2.52. The molecule has 0 aromatic rings. The summed E-state index contributed by atoms with van der Waals surface area (Å²) in [6.45, 7) is 19.2. The molecule has 0 aliphatic carbocycles. The van der Waals surface area contributed by atoms with Crippen molar-refractivity contribution in [2.45, 2.75) is 54.4 Å². The SMILES string of the molecule is C=C.CCC.CCC(C)(C)C. The second kappa shape index (κ2) is 12.4. The van der Waals surface area contributed by atoms with Gasteiger partial charge in [-0.05, 0) is 5.41 Å². The van der Waals surface area contributed by atoms with Gasteiger partial charge in [-0.25, -0.2) is 0 Å². The van der Waals surface area contributed by atoms with Crippen LogP contribution >= 0.6 is 0 Å². The Balaban J connectivity index is -0.000000109. The Labute approximate surface area is 73.7 Å². The van der Waals surface area contributed by atoms with Gasteiger partial charge in [0.2, 0.25) is 0 Å². The van der Waals surface area contributed by atoms with E-state index in [1.807, 2.05) is 0 Å². The van der Waals surface area contributed by atoms with E-state index in [1.165, 1.54) is 12.8 Å². The topological polar surface area (TPSA) is 0 Å². The molecule has 0 heteroatoms. The van der Waals surface area contributed by atoms with E-state index in [-0.39, 0.29) is 0 Å². The summed E-state index contributed by atoms with van der Waals surface area (Å²) in [5.41, 5.74) is 0.542. The quantitative estimate of drug-likeness (QED) is 0.450. The van der Waals surface area contributed by atoms with Gasteiger partial charge in [0.25, 0.3) is 0 Å². The molecule has 70 valence electrons. The molecule has 0 aromatic carbocycles. The minimum Gasteiger partial charge on any atom is -0.106 e. The van der Waals surface area contributed by atoms with Gasteiger partial charge in [0.1, 0.15) is 0 Å². The molecule has 0 rings (SSSR count). The van der Waals surface area contributed by atoms with Crippen molar-refractivity contribution in [2.75, 3.05) is 0 Å². The Kier molecular flexibility index (Phi) is 19.2. The van der Waals surface area contributed by atoms with E-state index in [9.17, 15) is 0 Å². The van der Waals surface area contributed by atoms with E-state index in [1.54, 1.807) is 0 Å². The van der Waals surface area contributed by atoms with Crippen molar-refractivity contribution in [1.82, 2.24) is 0 Å². The largest absolute Gasteiger partial charge is 0.106 e. The standard InChI is InChI=1S/C6H14.C3H8.C2H4/c1-5-6(2,3)4;1-3-2;1-2/h5H2,1-4H3;3H2,1-2H3;1-2H2. The summed E-state index contributed by atoms with van der Waals surface area (Å²) in [5.74, 6) is 0. The fourth-order valence-corrected chi connectivity index (χ4v) is 0. The first-order chi connectivity index (χ1) is 4.97. The number of hydrogen-bond acceptors (Lipinski definition) is 0. The maximum absolute atomic E-state index is 3.00. The van der Waals surface area contributed by atoms with Crippen LogP contribution in [0.25, 0.3) is 0 Å². The van der Waals surface area contributed by atoms with E-state index in [0.29, 0.717) is 5.41 Å². The van der Waals surface area contributed by atoms with Gasteiger partial charge in [-0.15, -0.1) is 13.2 Å². The first kappa shape index (κ1) is 17.0. The van der Waals surface area contributed by atoms with E-state index in [0.717, 1.165) is 0 Å². The van der Waals surface area contributed by atoms with Gasteiger partial charge in [-0.3, -0.25) is 0 Å². The maximum Gasteiger partial charge on any atom is -0.0385 e. The molecule has 0 radical (unpaired) electrons. The Hall–Kier alpha value is -0.260. The molecule has 0 saturated heterocycles. The lowest BCUT2D eigenvalue weighted by Gasteiger charge is -2.12.